The average molecular weight is 193 g/mol. The second-order valence-corrected chi connectivity index (χ2v) is 3.45. The summed E-state index contributed by atoms with van der Waals surface area (Å²) in [6.07, 6.45) is 1.08. The summed E-state index contributed by atoms with van der Waals surface area (Å²) >= 11 is 0. The number of hydrogen-bond acceptors (Lipinski definition) is 3. The maximum absolute atomic E-state index is 5.25. The summed E-state index contributed by atoms with van der Waals surface area (Å²) in [6.45, 7) is 0. The summed E-state index contributed by atoms with van der Waals surface area (Å²) in [5.41, 5.74) is 2.67. The molecule has 0 bridgehead atoms. The Balaban J connectivity index is 2.38. The fourth-order valence-electron chi connectivity index (χ4n) is 1.89. The molecule has 1 N–H and O–H groups in total. The molecular formula is C11H15NO2. The van der Waals surface area contributed by atoms with Crippen molar-refractivity contribution < 1.29 is 9.47 Å². The molecule has 1 atom stereocenters. The molecule has 0 aliphatic heterocycles. The van der Waals surface area contributed by atoms with E-state index in [-0.39, 0.29) is 0 Å². The van der Waals surface area contributed by atoms with E-state index in [1.54, 1.807) is 14.2 Å². The van der Waals surface area contributed by atoms with Gasteiger partial charge in [0.15, 0.2) is 11.5 Å². The maximum atomic E-state index is 5.25. The van der Waals surface area contributed by atoms with E-state index in [0.717, 1.165) is 17.9 Å². The van der Waals surface area contributed by atoms with E-state index in [1.165, 1.54) is 11.1 Å². The van der Waals surface area contributed by atoms with E-state index in [9.17, 15) is 0 Å². The van der Waals surface area contributed by atoms with E-state index >= 15 is 0 Å². The molecular weight excluding hydrogens is 178 g/mol. The molecule has 0 fully saturated rings. The molecule has 1 aromatic rings. The highest BCUT2D eigenvalue weighted by Gasteiger charge is 2.26. The molecule has 0 heterocycles. The van der Waals surface area contributed by atoms with E-state index in [0.29, 0.717) is 6.04 Å². The Morgan fingerprint density at radius 1 is 1.21 bits per heavy atom. The number of hydrogen-bond donors (Lipinski definition) is 1. The van der Waals surface area contributed by atoms with Gasteiger partial charge in [0, 0.05) is 6.04 Å². The third-order valence-corrected chi connectivity index (χ3v) is 2.79. The molecule has 14 heavy (non-hydrogen) atoms. The van der Waals surface area contributed by atoms with Gasteiger partial charge in [-0.15, -0.1) is 0 Å². The van der Waals surface area contributed by atoms with Crippen LogP contribution < -0.4 is 14.8 Å². The van der Waals surface area contributed by atoms with Crippen molar-refractivity contribution in [2.75, 3.05) is 21.3 Å². The summed E-state index contributed by atoms with van der Waals surface area (Å²) in [6, 6.07) is 4.59. The topological polar surface area (TPSA) is 30.5 Å². The van der Waals surface area contributed by atoms with Crippen molar-refractivity contribution in [3.8, 4) is 11.5 Å². The lowest BCUT2D eigenvalue weighted by Crippen LogP contribution is -2.28. The SMILES string of the molecule is CN[C@H]1Cc2cc(OC)c(OC)cc21. The molecule has 3 heteroatoms. The molecule has 0 radical (unpaired) electrons. The predicted molar refractivity (Wildman–Crippen MR) is 55.1 cm³/mol. The summed E-state index contributed by atoms with van der Waals surface area (Å²) in [4.78, 5) is 0. The van der Waals surface area contributed by atoms with E-state index in [2.05, 4.69) is 17.4 Å². The number of likely N-dealkylation sites (N-methyl/N-ethyl adjacent to an activating group) is 1. The zero-order chi connectivity index (χ0) is 10.1. The standard InChI is InChI=1S/C11H15NO2/c1-12-9-4-7-5-10(13-2)11(14-3)6-8(7)9/h5-6,9,12H,4H2,1-3H3/t9-/m0/s1. The lowest BCUT2D eigenvalue weighted by molar-refractivity contribution is 0.351. The lowest BCUT2D eigenvalue weighted by Gasteiger charge is -2.30. The summed E-state index contributed by atoms with van der Waals surface area (Å²) in [7, 11) is 5.31. The minimum atomic E-state index is 0.477. The summed E-state index contributed by atoms with van der Waals surface area (Å²) in [5.74, 6) is 1.63. The number of nitrogens with one attached hydrogen (secondary N) is 1. The van der Waals surface area contributed by atoms with Gasteiger partial charge in [0.25, 0.3) is 0 Å². The fourth-order valence-corrected chi connectivity index (χ4v) is 1.89. The van der Waals surface area contributed by atoms with Gasteiger partial charge in [-0.2, -0.15) is 0 Å². The van der Waals surface area contributed by atoms with Crippen LogP contribution in [0.4, 0.5) is 0 Å². The minimum Gasteiger partial charge on any atom is -0.493 e. The van der Waals surface area contributed by atoms with Crippen molar-refractivity contribution in [3.63, 3.8) is 0 Å². The Kier molecular flexibility index (Phi) is 2.33. The molecule has 0 saturated carbocycles. The summed E-state index contributed by atoms with van der Waals surface area (Å²) in [5, 5.41) is 3.25. The quantitative estimate of drug-likeness (QED) is 0.789. The van der Waals surface area contributed by atoms with Gasteiger partial charge in [-0.05, 0) is 36.7 Å². The zero-order valence-electron chi connectivity index (χ0n) is 8.76. The van der Waals surface area contributed by atoms with Crippen LogP contribution in [-0.2, 0) is 6.42 Å². The van der Waals surface area contributed by atoms with Gasteiger partial charge in [0.1, 0.15) is 0 Å². The van der Waals surface area contributed by atoms with Gasteiger partial charge in [-0.1, -0.05) is 0 Å². The van der Waals surface area contributed by atoms with Crippen LogP contribution in [0, 0.1) is 0 Å². The van der Waals surface area contributed by atoms with Crippen LogP contribution in [0.1, 0.15) is 17.2 Å². The molecule has 1 aliphatic carbocycles. The van der Waals surface area contributed by atoms with E-state index in [1.807, 2.05) is 7.05 Å². The van der Waals surface area contributed by atoms with Crippen molar-refractivity contribution in [2.45, 2.75) is 12.5 Å². The molecule has 0 amide bonds. The highest BCUT2D eigenvalue weighted by atomic mass is 16.5. The van der Waals surface area contributed by atoms with Crippen LogP contribution in [0.15, 0.2) is 12.1 Å². The Bertz CT molecular complexity index is 349. The van der Waals surface area contributed by atoms with Crippen LogP contribution in [0.5, 0.6) is 11.5 Å². The smallest absolute Gasteiger partial charge is 0.161 e. The Hall–Kier alpha value is -1.22. The van der Waals surface area contributed by atoms with Crippen molar-refractivity contribution in [1.82, 2.24) is 5.32 Å². The highest BCUT2D eigenvalue weighted by molar-refractivity contribution is 5.52. The molecule has 3 nitrogen and oxygen atoms in total. The van der Waals surface area contributed by atoms with Crippen molar-refractivity contribution in [1.29, 1.82) is 0 Å². The van der Waals surface area contributed by atoms with Gasteiger partial charge >= 0.3 is 0 Å². The Morgan fingerprint density at radius 2 is 1.86 bits per heavy atom. The van der Waals surface area contributed by atoms with Crippen molar-refractivity contribution in [3.05, 3.63) is 23.3 Å². The van der Waals surface area contributed by atoms with Crippen LogP contribution >= 0.6 is 0 Å². The van der Waals surface area contributed by atoms with Gasteiger partial charge < -0.3 is 14.8 Å². The second-order valence-electron chi connectivity index (χ2n) is 3.45. The van der Waals surface area contributed by atoms with E-state index in [4.69, 9.17) is 9.47 Å². The molecule has 0 unspecified atom stereocenters. The zero-order valence-corrected chi connectivity index (χ0v) is 8.76. The first-order valence-corrected chi connectivity index (χ1v) is 4.72. The number of methoxy groups -OCH3 is 2. The first-order chi connectivity index (χ1) is 6.80. The molecule has 1 aliphatic rings. The van der Waals surface area contributed by atoms with Crippen LogP contribution in [0.3, 0.4) is 0 Å². The Labute approximate surface area is 84.0 Å². The van der Waals surface area contributed by atoms with Crippen molar-refractivity contribution >= 4 is 0 Å². The number of ether oxygens (including phenoxy) is 2. The fraction of sp³-hybridized carbons (Fsp3) is 0.455. The highest BCUT2D eigenvalue weighted by Crippen LogP contribution is 2.40. The molecule has 76 valence electrons. The van der Waals surface area contributed by atoms with Crippen molar-refractivity contribution in [2.24, 2.45) is 0 Å². The van der Waals surface area contributed by atoms with Gasteiger partial charge in [-0.3, -0.25) is 0 Å². The van der Waals surface area contributed by atoms with Crippen LogP contribution in [0.25, 0.3) is 0 Å². The first-order valence-electron chi connectivity index (χ1n) is 4.72. The normalized spacial score (nSPS) is 18.4. The number of fused-ring (bicyclic) bond motifs is 1. The number of rotatable bonds is 3. The first kappa shape index (κ1) is 9.34. The second kappa shape index (κ2) is 3.50. The molecule has 2 rings (SSSR count). The monoisotopic (exact) mass is 193 g/mol. The Morgan fingerprint density at radius 3 is 2.43 bits per heavy atom. The maximum Gasteiger partial charge on any atom is 0.161 e. The third kappa shape index (κ3) is 1.24. The predicted octanol–water partition coefficient (Wildman–Crippen LogP) is 1.52. The average Bonchev–Trinajstić information content (AvgIpc) is 2.20. The minimum absolute atomic E-state index is 0.477. The van der Waals surface area contributed by atoms with Gasteiger partial charge in [0.2, 0.25) is 0 Å². The van der Waals surface area contributed by atoms with Gasteiger partial charge in [-0.25, -0.2) is 0 Å². The molecule has 1 aromatic carbocycles. The van der Waals surface area contributed by atoms with E-state index < -0.39 is 0 Å². The third-order valence-electron chi connectivity index (χ3n) is 2.79. The summed E-state index contributed by atoms with van der Waals surface area (Å²) < 4.78 is 10.5. The van der Waals surface area contributed by atoms with Gasteiger partial charge in [0.05, 0.1) is 14.2 Å². The molecule has 0 spiro atoms. The van der Waals surface area contributed by atoms with Crippen LogP contribution in [0.2, 0.25) is 0 Å². The molecule has 0 aromatic heterocycles. The largest absolute Gasteiger partial charge is 0.493 e. The number of benzene rings is 1. The lowest BCUT2D eigenvalue weighted by atomic mass is 9.83. The molecule has 0 saturated heterocycles. The van der Waals surface area contributed by atoms with Crippen LogP contribution in [-0.4, -0.2) is 21.3 Å².